The molecule has 0 saturated heterocycles. The van der Waals surface area contributed by atoms with Gasteiger partial charge in [-0.15, -0.1) is 0 Å². The van der Waals surface area contributed by atoms with E-state index in [1.165, 1.54) is 89.9 Å². The van der Waals surface area contributed by atoms with E-state index < -0.39 is 9.84 Å². The van der Waals surface area contributed by atoms with Gasteiger partial charge in [0, 0.05) is 0 Å². The van der Waals surface area contributed by atoms with E-state index >= 15 is 0 Å². The Kier molecular flexibility index (Phi) is 18.7. The second-order valence-corrected chi connectivity index (χ2v) is 10.1. The third kappa shape index (κ3) is 20.1. The highest BCUT2D eigenvalue weighted by atomic mass is 32.2. The molecule has 0 fully saturated rings. The summed E-state index contributed by atoms with van der Waals surface area (Å²) in [6, 6.07) is 0. The Morgan fingerprint density at radius 1 is 0.400 bits per heavy atom. The molecule has 0 aromatic carbocycles. The fourth-order valence-electron chi connectivity index (χ4n) is 3.37. The van der Waals surface area contributed by atoms with E-state index in [1.54, 1.807) is 0 Å². The summed E-state index contributed by atoms with van der Waals surface area (Å²) >= 11 is 0. The zero-order chi connectivity index (χ0) is 18.6. The summed E-state index contributed by atoms with van der Waals surface area (Å²) in [6.45, 7) is 4.49. The van der Waals surface area contributed by atoms with Gasteiger partial charge in [-0.2, -0.15) is 0 Å². The monoisotopic (exact) mass is 374 g/mol. The molecule has 0 aliphatic carbocycles. The van der Waals surface area contributed by atoms with Crippen molar-refractivity contribution in [3.63, 3.8) is 0 Å². The second kappa shape index (κ2) is 18.7. The van der Waals surface area contributed by atoms with Crippen molar-refractivity contribution in [3.05, 3.63) is 0 Å². The molecule has 0 unspecified atom stereocenters. The molecule has 0 aliphatic heterocycles. The topological polar surface area (TPSA) is 34.1 Å². The second-order valence-electron chi connectivity index (χ2n) is 7.81. The maximum absolute atomic E-state index is 12.0. The Morgan fingerprint density at radius 3 is 0.920 bits per heavy atom. The van der Waals surface area contributed by atoms with Crippen LogP contribution in [0, 0.1) is 0 Å². The Labute approximate surface area is 159 Å². The average molecular weight is 375 g/mol. The van der Waals surface area contributed by atoms with Crippen LogP contribution in [0.2, 0.25) is 0 Å². The van der Waals surface area contributed by atoms with E-state index in [2.05, 4.69) is 13.8 Å². The first-order valence-corrected chi connectivity index (χ1v) is 13.1. The van der Waals surface area contributed by atoms with E-state index in [0.717, 1.165) is 25.7 Å². The molecule has 0 spiro atoms. The zero-order valence-electron chi connectivity index (χ0n) is 17.4. The Morgan fingerprint density at radius 2 is 0.640 bits per heavy atom. The van der Waals surface area contributed by atoms with Gasteiger partial charge < -0.3 is 0 Å². The highest BCUT2D eigenvalue weighted by Gasteiger charge is 2.09. The van der Waals surface area contributed by atoms with Crippen LogP contribution in [0.15, 0.2) is 0 Å². The first kappa shape index (κ1) is 24.9. The lowest BCUT2D eigenvalue weighted by atomic mass is 10.1. The minimum absolute atomic E-state index is 0.417. The van der Waals surface area contributed by atoms with Crippen LogP contribution in [-0.2, 0) is 9.84 Å². The van der Waals surface area contributed by atoms with Crippen molar-refractivity contribution in [2.75, 3.05) is 11.5 Å². The number of hydrogen-bond acceptors (Lipinski definition) is 2. The van der Waals surface area contributed by atoms with E-state index in [-0.39, 0.29) is 0 Å². The summed E-state index contributed by atoms with van der Waals surface area (Å²) < 4.78 is 24.1. The summed E-state index contributed by atoms with van der Waals surface area (Å²) in [5.74, 6) is 0.833. The summed E-state index contributed by atoms with van der Waals surface area (Å²) in [6.07, 6.45) is 22.3. The van der Waals surface area contributed by atoms with Crippen molar-refractivity contribution >= 4 is 9.84 Å². The lowest BCUT2D eigenvalue weighted by molar-refractivity contribution is 0.558. The molecule has 25 heavy (non-hydrogen) atoms. The summed E-state index contributed by atoms with van der Waals surface area (Å²) in [4.78, 5) is 0. The number of hydrogen-bond donors (Lipinski definition) is 0. The molecule has 0 rings (SSSR count). The Balaban J connectivity index is 3.35. The van der Waals surface area contributed by atoms with E-state index in [0.29, 0.717) is 11.5 Å². The largest absolute Gasteiger partial charge is 0.229 e. The van der Waals surface area contributed by atoms with Crippen LogP contribution in [0.1, 0.15) is 129 Å². The predicted molar refractivity (Wildman–Crippen MR) is 113 cm³/mol. The van der Waals surface area contributed by atoms with Gasteiger partial charge in [0.1, 0.15) is 9.84 Å². The predicted octanol–water partition coefficient (Wildman–Crippen LogP) is 7.46. The molecule has 0 aromatic rings. The van der Waals surface area contributed by atoms with E-state index in [1.807, 2.05) is 0 Å². The van der Waals surface area contributed by atoms with Gasteiger partial charge in [0.05, 0.1) is 11.5 Å². The number of unbranched alkanes of at least 4 members (excludes halogenated alkanes) is 16. The highest BCUT2D eigenvalue weighted by molar-refractivity contribution is 7.91. The molecular weight excluding hydrogens is 328 g/mol. The maximum atomic E-state index is 12.0. The smallest absolute Gasteiger partial charge is 0.150 e. The van der Waals surface area contributed by atoms with Gasteiger partial charge in [0.15, 0.2) is 0 Å². The van der Waals surface area contributed by atoms with Crippen LogP contribution < -0.4 is 0 Å². The quantitative estimate of drug-likeness (QED) is 0.207. The van der Waals surface area contributed by atoms with E-state index in [9.17, 15) is 8.42 Å². The van der Waals surface area contributed by atoms with Crippen LogP contribution in [-0.4, -0.2) is 19.9 Å². The molecule has 0 saturated carbocycles. The normalized spacial score (nSPS) is 11.9. The lowest BCUT2D eigenvalue weighted by Crippen LogP contribution is -2.11. The molecule has 2 nitrogen and oxygen atoms in total. The van der Waals surface area contributed by atoms with Crippen molar-refractivity contribution < 1.29 is 8.42 Å². The number of sulfone groups is 1. The van der Waals surface area contributed by atoms with Gasteiger partial charge in [-0.05, 0) is 12.8 Å². The van der Waals surface area contributed by atoms with Gasteiger partial charge in [-0.25, -0.2) is 8.42 Å². The molecule has 0 aromatic heterocycles. The fraction of sp³-hybridized carbons (Fsp3) is 1.00. The van der Waals surface area contributed by atoms with Crippen molar-refractivity contribution in [1.82, 2.24) is 0 Å². The van der Waals surface area contributed by atoms with Crippen molar-refractivity contribution in [2.45, 2.75) is 129 Å². The van der Waals surface area contributed by atoms with Gasteiger partial charge in [-0.3, -0.25) is 0 Å². The highest BCUT2D eigenvalue weighted by Crippen LogP contribution is 2.12. The first-order valence-electron chi connectivity index (χ1n) is 11.3. The molecule has 152 valence electrons. The average Bonchev–Trinajstić information content (AvgIpc) is 2.59. The van der Waals surface area contributed by atoms with Gasteiger partial charge in [-0.1, -0.05) is 117 Å². The van der Waals surface area contributed by atoms with Crippen LogP contribution in [0.3, 0.4) is 0 Å². The summed E-state index contributed by atoms with van der Waals surface area (Å²) in [5.41, 5.74) is 0. The van der Waals surface area contributed by atoms with Crippen LogP contribution in [0.25, 0.3) is 0 Å². The lowest BCUT2D eigenvalue weighted by Gasteiger charge is -2.05. The Bertz CT molecular complexity index is 321. The molecule has 0 aliphatic rings. The summed E-state index contributed by atoms with van der Waals surface area (Å²) in [5, 5.41) is 0. The number of rotatable bonds is 20. The molecule has 0 atom stereocenters. The van der Waals surface area contributed by atoms with Gasteiger partial charge in [0.25, 0.3) is 0 Å². The van der Waals surface area contributed by atoms with Crippen LogP contribution >= 0.6 is 0 Å². The van der Waals surface area contributed by atoms with Crippen molar-refractivity contribution in [1.29, 1.82) is 0 Å². The molecule has 0 N–H and O–H groups in total. The van der Waals surface area contributed by atoms with Gasteiger partial charge >= 0.3 is 0 Å². The molecule has 0 bridgehead atoms. The standard InChI is InChI=1S/C22H46O2S/c1-3-5-7-9-11-13-15-17-19-21-25(23,24)22-20-18-16-14-12-10-8-6-4-2/h3-22H2,1-2H3. The third-order valence-electron chi connectivity index (χ3n) is 5.12. The van der Waals surface area contributed by atoms with Gasteiger partial charge in [0.2, 0.25) is 0 Å². The minimum atomic E-state index is -2.79. The van der Waals surface area contributed by atoms with E-state index in [4.69, 9.17) is 0 Å². The molecule has 0 radical (unpaired) electrons. The van der Waals surface area contributed by atoms with Crippen molar-refractivity contribution in [3.8, 4) is 0 Å². The zero-order valence-corrected chi connectivity index (χ0v) is 18.2. The molecular formula is C22H46O2S. The third-order valence-corrected chi connectivity index (χ3v) is 6.94. The first-order chi connectivity index (χ1) is 12.1. The van der Waals surface area contributed by atoms with Crippen LogP contribution in [0.4, 0.5) is 0 Å². The Hall–Kier alpha value is -0.0500. The SMILES string of the molecule is CCCCCCCCCCCS(=O)(=O)CCCCCCCCCCC. The molecule has 3 heteroatoms. The summed E-state index contributed by atoms with van der Waals surface area (Å²) in [7, 11) is -2.79. The molecule has 0 amide bonds. The van der Waals surface area contributed by atoms with Crippen molar-refractivity contribution in [2.24, 2.45) is 0 Å². The maximum Gasteiger partial charge on any atom is 0.150 e. The fourth-order valence-corrected chi connectivity index (χ4v) is 4.86. The molecule has 0 heterocycles. The van der Waals surface area contributed by atoms with Crippen LogP contribution in [0.5, 0.6) is 0 Å². The minimum Gasteiger partial charge on any atom is -0.229 e.